The molecule has 0 aliphatic heterocycles. The second-order valence-electron chi connectivity index (χ2n) is 3.20. The van der Waals surface area contributed by atoms with E-state index < -0.39 is 0 Å². The third-order valence-electron chi connectivity index (χ3n) is 2.04. The lowest BCUT2D eigenvalue weighted by molar-refractivity contribution is 0.306. The molecule has 0 radical (unpaired) electrons. The molecule has 82 valence electrons. The normalized spacial score (nSPS) is 10.1. The predicted octanol–water partition coefficient (Wildman–Crippen LogP) is 3.92. The van der Waals surface area contributed by atoms with Crippen LogP contribution in [-0.2, 0) is 6.61 Å². The Kier molecular flexibility index (Phi) is 4.01. The Labute approximate surface area is 113 Å². The summed E-state index contributed by atoms with van der Waals surface area (Å²) in [6.45, 7) is 0.438. The van der Waals surface area contributed by atoms with Crippen LogP contribution in [0.25, 0.3) is 0 Å². The van der Waals surface area contributed by atoms with Crippen molar-refractivity contribution in [3.8, 4) is 5.75 Å². The molecular formula is C12H9ClINO. The van der Waals surface area contributed by atoms with E-state index in [1.54, 1.807) is 6.20 Å². The monoisotopic (exact) mass is 345 g/mol. The third-order valence-corrected chi connectivity index (χ3v) is 3.10. The Morgan fingerprint density at radius 1 is 1.19 bits per heavy atom. The summed E-state index contributed by atoms with van der Waals surface area (Å²) >= 11 is 8.18. The summed E-state index contributed by atoms with van der Waals surface area (Å²) < 4.78 is 6.78. The molecule has 0 amide bonds. The van der Waals surface area contributed by atoms with E-state index in [1.165, 1.54) is 3.57 Å². The van der Waals surface area contributed by atoms with Gasteiger partial charge in [-0.2, -0.15) is 0 Å². The predicted molar refractivity (Wildman–Crippen MR) is 72.7 cm³/mol. The second-order valence-corrected chi connectivity index (χ2v) is 4.80. The van der Waals surface area contributed by atoms with Crippen LogP contribution < -0.4 is 4.74 Å². The first kappa shape index (κ1) is 11.7. The van der Waals surface area contributed by atoms with Crippen molar-refractivity contribution >= 4 is 34.2 Å². The highest BCUT2D eigenvalue weighted by molar-refractivity contribution is 14.1. The molecule has 16 heavy (non-hydrogen) atoms. The van der Waals surface area contributed by atoms with Gasteiger partial charge in [-0.15, -0.1) is 0 Å². The van der Waals surface area contributed by atoms with Crippen molar-refractivity contribution in [3.63, 3.8) is 0 Å². The van der Waals surface area contributed by atoms with Gasteiger partial charge in [-0.05, 0) is 52.9 Å². The number of aromatic nitrogens is 1. The Morgan fingerprint density at radius 2 is 1.94 bits per heavy atom. The number of ether oxygens (including phenoxy) is 1. The number of nitrogens with zero attached hydrogens (tertiary/aromatic N) is 1. The van der Waals surface area contributed by atoms with Crippen LogP contribution in [0.3, 0.4) is 0 Å². The number of benzene rings is 1. The molecule has 0 bridgehead atoms. The Hall–Kier alpha value is -0.810. The minimum absolute atomic E-state index is 0.438. The topological polar surface area (TPSA) is 22.1 Å². The summed E-state index contributed by atoms with van der Waals surface area (Å²) in [6, 6.07) is 11.6. The molecule has 0 spiro atoms. The lowest BCUT2D eigenvalue weighted by Crippen LogP contribution is -1.97. The molecule has 0 atom stereocenters. The average molecular weight is 346 g/mol. The zero-order chi connectivity index (χ0) is 11.4. The lowest BCUT2D eigenvalue weighted by atomic mass is 10.3. The van der Waals surface area contributed by atoms with Gasteiger partial charge in [0, 0.05) is 15.3 Å². The Bertz CT molecular complexity index is 473. The minimum atomic E-state index is 0.438. The van der Waals surface area contributed by atoms with E-state index in [0.717, 1.165) is 11.3 Å². The molecular weight excluding hydrogens is 336 g/mol. The molecule has 2 rings (SSSR count). The molecule has 0 aliphatic carbocycles. The molecule has 4 heteroatoms. The van der Waals surface area contributed by atoms with Gasteiger partial charge in [0.2, 0.25) is 0 Å². The zero-order valence-electron chi connectivity index (χ0n) is 8.36. The van der Waals surface area contributed by atoms with Crippen LogP contribution in [0.15, 0.2) is 42.6 Å². The SMILES string of the molecule is Clc1ncccc1COc1ccc(I)cc1. The molecule has 1 heterocycles. The summed E-state index contributed by atoms with van der Waals surface area (Å²) in [6.07, 6.45) is 1.66. The second kappa shape index (κ2) is 5.50. The standard InChI is InChI=1S/C12H9ClINO/c13-12-9(2-1-7-15-12)8-16-11-5-3-10(14)4-6-11/h1-7H,8H2. The molecule has 0 unspecified atom stereocenters. The van der Waals surface area contributed by atoms with Gasteiger partial charge in [-0.25, -0.2) is 4.98 Å². The van der Waals surface area contributed by atoms with Crippen LogP contribution in [0.2, 0.25) is 5.15 Å². The van der Waals surface area contributed by atoms with Crippen molar-refractivity contribution < 1.29 is 4.74 Å². The van der Waals surface area contributed by atoms with Crippen LogP contribution >= 0.6 is 34.2 Å². The van der Waals surface area contributed by atoms with Crippen molar-refractivity contribution in [1.29, 1.82) is 0 Å². The highest BCUT2D eigenvalue weighted by Gasteiger charge is 2.01. The van der Waals surface area contributed by atoms with Crippen LogP contribution in [0.4, 0.5) is 0 Å². The van der Waals surface area contributed by atoms with E-state index in [-0.39, 0.29) is 0 Å². The summed E-state index contributed by atoms with van der Waals surface area (Å²) in [5, 5.41) is 0.494. The van der Waals surface area contributed by atoms with Crippen molar-refractivity contribution in [1.82, 2.24) is 4.98 Å². The van der Waals surface area contributed by atoms with E-state index in [0.29, 0.717) is 11.8 Å². The molecule has 1 aromatic heterocycles. The van der Waals surface area contributed by atoms with Gasteiger partial charge in [-0.1, -0.05) is 17.7 Å². The van der Waals surface area contributed by atoms with Crippen LogP contribution in [0.1, 0.15) is 5.56 Å². The number of hydrogen-bond donors (Lipinski definition) is 0. The smallest absolute Gasteiger partial charge is 0.135 e. The van der Waals surface area contributed by atoms with Crippen LogP contribution in [0.5, 0.6) is 5.75 Å². The van der Waals surface area contributed by atoms with E-state index in [1.807, 2.05) is 36.4 Å². The summed E-state index contributed by atoms with van der Waals surface area (Å²) in [4.78, 5) is 3.99. The van der Waals surface area contributed by atoms with Crippen molar-refractivity contribution in [2.75, 3.05) is 0 Å². The molecule has 0 N–H and O–H groups in total. The van der Waals surface area contributed by atoms with Gasteiger partial charge in [-0.3, -0.25) is 0 Å². The fourth-order valence-electron chi connectivity index (χ4n) is 1.22. The molecule has 1 aromatic carbocycles. The summed E-state index contributed by atoms with van der Waals surface area (Å²) in [5.74, 6) is 0.834. The largest absolute Gasteiger partial charge is 0.489 e. The maximum Gasteiger partial charge on any atom is 0.135 e. The third kappa shape index (κ3) is 3.09. The molecule has 0 saturated heterocycles. The van der Waals surface area contributed by atoms with Crippen molar-refractivity contribution in [3.05, 3.63) is 56.9 Å². The molecule has 2 aromatic rings. The van der Waals surface area contributed by atoms with Gasteiger partial charge in [0.15, 0.2) is 0 Å². The summed E-state index contributed by atoms with van der Waals surface area (Å²) in [5.41, 5.74) is 0.891. The molecule has 0 fully saturated rings. The number of pyridine rings is 1. The van der Waals surface area contributed by atoms with Gasteiger partial charge >= 0.3 is 0 Å². The van der Waals surface area contributed by atoms with Crippen molar-refractivity contribution in [2.24, 2.45) is 0 Å². The van der Waals surface area contributed by atoms with Crippen LogP contribution in [0, 0.1) is 3.57 Å². The summed E-state index contributed by atoms with van der Waals surface area (Å²) in [7, 11) is 0. The Balaban J connectivity index is 2.02. The first-order valence-corrected chi connectivity index (χ1v) is 6.19. The van der Waals surface area contributed by atoms with Crippen molar-refractivity contribution in [2.45, 2.75) is 6.61 Å². The maximum absolute atomic E-state index is 5.92. The van der Waals surface area contributed by atoms with Gasteiger partial charge in [0.1, 0.15) is 17.5 Å². The van der Waals surface area contributed by atoms with E-state index in [4.69, 9.17) is 16.3 Å². The first-order valence-electron chi connectivity index (χ1n) is 4.73. The average Bonchev–Trinajstić information content (AvgIpc) is 2.30. The Morgan fingerprint density at radius 3 is 2.62 bits per heavy atom. The number of hydrogen-bond acceptors (Lipinski definition) is 2. The lowest BCUT2D eigenvalue weighted by Gasteiger charge is -2.06. The molecule has 0 saturated carbocycles. The van der Waals surface area contributed by atoms with Gasteiger partial charge in [0.05, 0.1) is 0 Å². The first-order chi connectivity index (χ1) is 7.75. The fourth-order valence-corrected chi connectivity index (χ4v) is 1.75. The van der Waals surface area contributed by atoms with E-state index in [2.05, 4.69) is 27.6 Å². The number of halogens is 2. The van der Waals surface area contributed by atoms with Gasteiger partial charge < -0.3 is 4.74 Å². The molecule has 0 aliphatic rings. The van der Waals surface area contributed by atoms with Crippen LogP contribution in [-0.4, -0.2) is 4.98 Å². The fraction of sp³-hybridized carbons (Fsp3) is 0.0833. The van der Waals surface area contributed by atoms with E-state index in [9.17, 15) is 0 Å². The van der Waals surface area contributed by atoms with Gasteiger partial charge in [0.25, 0.3) is 0 Å². The number of rotatable bonds is 3. The molecule has 2 nitrogen and oxygen atoms in total. The van der Waals surface area contributed by atoms with E-state index >= 15 is 0 Å². The highest BCUT2D eigenvalue weighted by atomic mass is 127. The highest BCUT2D eigenvalue weighted by Crippen LogP contribution is 2.17. The zero-order valence-corrected chi connectivity index (χ0v) is 11.3. The quantitative estimate of drug-likeness (QED) is 0.621. The maximum atomic E-state index is 5.92. The minimum Gasteiger partial charge on any atom is -0.489 e.